The molecule has 2 atom stereocenters. The largest absolute Gasteiger partial charge is 0.433 e. The van der Waals surface area contributed by atoms with Crippen molar-refractivity contribution in [3.8, 4) is 0 Å². The Balaban J connectivity index is 1.45. The zero-order valence-corrected chi connectivity index (χ0v) is 21.5. The third-order valence-corrected chi connectivity index (χ3v) is 7.83. The Kier molecular flexibility index (Phi) is 7.11. The summed E-state index contributed by atoms with van der Waals surface area (Å²) < 4.78 is 69.8. The number of alkyl halides is 5. The molecule has 6 nitrogen and oxygen atoms in total. The molecular weight excluding hydrogens is 517 g/mol. The minimum absolute atomic E-state index is 0.141. The summed E-state index contributed by atoms with van der Waals surface area (Å²) in [6.07, 6.45) is -1.42. The van der Waals surface area contributed by atoms with Crippen LogP contribution in [0.5, 0.6) is 0 Å². The molecule has 0 bridgehead atoms. The normalized spacial score (nSPS) is 21.8. The minimum Gasteiger partial charge on any atom is -0.379 e. The predicted octanol–water partition coefficient (Wildman–Crippen LogP) is 6.59. The number of fused-ring (bicyclic) bond motifs is 1. The Labute approximate surface area is 222 Å². The number of para-hydroxylation sites is 1. The van der Waals surface area contributed by atoms with Crippen molar-refractivity contribution in [1.29, 1.82) is 0 Å². The van der Waals surface area contributed by atoms with Crippen molar-refractivity contribution in [3.63, 3.8) is 0 Å². The zero-order valence-electron chi connectivity index (χ0n) is 21.5. The van der Waals surface area contributed by atoms with E-state index in [0.717, 1.165) is 31.7 Å². The van der Waals surface area contributed by atoms with E-state index in [0.29, 0.717) is 29.6 Å². The van der Waals surface area contributed by atoms with Gasteiger partial charge in [0, 0.05) is 36.1 Å². The van der Waals surface area contributed by atoms with E-state index in [1.165, 1.54) is 17.8 Å². The molecule has 2 heterocycles. The second-order valence-electron chi connectivity index (χ2n) is 10.5. The number of nitrogens with one attached hydrogen (secondary N) is 2. The molecule has 11 heteroatoms. The van der Waals surface area contributed by atoms with E-state index in [1.807, 2.05) is 0 Å². The molecule has 2 saturated carbocycles. The standard InChI is InChI=1S/C28H30F5N5O/c1-3-7-21-23(24(25(29)30)37-38(21)2)26(39)34-17-8-6-13-27(15-17,16-11-12-16)36-20-14-22(28(31,32)33)35-19-10-5-4-9-18(19)20/h3-5,9-10,14,16-17,25H,1,6-8,11-13,15H2,2H3,(H,34,39)(H,35,36)/t17-,27+/m1/s1. The number of halogens is 5. The van der Waals surface area contributed by atoms with Crippen molar-refractivity contribution in [2.45, 2.75) is 69.1 Å². The number of aromatic nitrogens is 3. The first-order chi connectivity index (χ1) is 18.5. The number of amides is 1. The molecule has 208 valence electrons. The van der Waals surface area contributed by atoms with Crippen LogP contribution in [0.4, 0.5) is 27.6 Å². The lowest BCUT2D eigenvalue weighted by Gasteiger charge is -2.43. The van der Waals surface area contributed by atoms with Gasteiger partial charge in [-0.3, -0.25) is 9.48 Å². The highest BCUT2D eigenvalue weighted by Gasteiger charge is 2.48. The average Bonchev–Trinajstić information content (AvgIpc) is 3.69. The van der Waals surface area contributed by atoms with Crippen LogP contribution in [0, 0.1) is 5.92 Å². The van der Waals surface area contributed by atoms with Gasteiger partial charge in [0.05, 0.1) is 16.8 Å². The summed E-state index contributed by atoms with van der Waals surface area (Å²) in [5.41, 5.74) is -1.29. The van der Waals surface area contributed by atoms with Gasteiger partial charge in [-0.05, 0) is 56.6 Å². The number of pyridine rings is 1. The van der Waals surface area contributed by atoms with E-state index in [9.17, 15) is 26.7 Å². The maximum atomic E-state index is 13.7. The molecule has 3 aromatic rings. The number of rotatable bonds is 8. The highest BCUT2D eigenvalue weighted by Crippen LogP contribution is 2.50. The number of aryl methyl sites for hydroxylation is 1. The topological polar surface area (TPSA) is 71.8 Å². The van der Waals surface area contributed by atoms with Crippen molar-refractivity contribution in [2.75, 3.05) is 5.32 Å². The van der Waals surface area contributed by atoms with Gasteiger partial charge in [-0.2, -0.15) is 18.3 Å². The van der Waals surface area contributed by atoms with Crippen LogP contribution in [0.1, 0.15) is 72.4 Å². The highest BCUT2D eigenvalue weighted by molar-refractivity contribution is 5.97. The summed E-state index contributed by atoms with van der Waals surface area (Å²) in [6.45, 7) is 3.65. The molecular formula is C28H30F5N5O. The SMILES string of the molecule is C=CCc1c(C(=O)N[C@@H]2CCC[C@@](Nc3cc(C(F)(F)F)nc4ccccc34)(C3CC3)C2)c(C(F)F)nn1C. The molecule has 0 saturated heterocycles. The van der Waals surface area contributed by atoms with Gasteiger partial charge in [-0.1, -0.05) is 24.3 Å². The molecule has 0 aliphatic heterocycles. The van der Waals surface area contributed by atoms with E-state index in [2.05, 4.69) is 27.3 Å². The summed E-state index contributed by atoms with van der Waals surface area (Å²) in [5.74, 6) is -0.398. The van der Waals surface area contributed by atoms with Crippen LogP contribution in [0.25, 0.3) is 10.9 Å². The number of allylic oxidation sites excluding steroid dienone is 1. The second-order valence-corrected chi connectivity index (χ2v) is 10.5. The number of anilines is 1. The second kappa shape index (κ2) is 10.2. The first kappa shape index (κ1) is 27.1. The molecule has 0 unspecified atom stereocenters. The van der Waals surface area contributed by atoms with E-state index in [4.69, 9.17) is 0 Å². The lowest BCUT2D eigenvalue weighted by molar-refractivity contribution is -0.140. The first-order valence-electron chi connectivity index (χ1n) is 13.0. The smallest absolute Gasteiger partial charge is 0.379 e. The fraction of sp³-hybridized carbons (Fsp3) is 0.464. The Morgan fingerprint density at radius 3 is 2.67 bits per heavy atom. The quantitative estimate of drug-likeness (QED) is 0.247. The number of carbonyl (C=O) groups is 1. The Bertz CT molecular complexity index is 1400. The average molecular weight is 548 g/mol. The zero-order chi connectivity index (χ0) is 27.9. The third-order valence-electron chi connectivity index (χ3n) is 7.83. The van der Waals surface area contributed by atoms with E-state index >= 15 is 0 Å². The number of benzene rings is 1. The molecule has 5 rings (SSSR count). The predicted molar refractivity (Wildman–Crippen MR) is 138 cm³/mol. The van der Waals surface area contributed by atoms with Gasteiger partial charge < -0.3 is 10.6 Å². The first-order valence-corrected chi connectivity index (χ1v) is 13.0. The Hall–Kier alpha value is -3.50. The van der Waals surface area contributed by atoms with Gasteiger partial charge in [0.15, 0.2) is 0 Å². The van der Waals surface area contributed by atoms with Crippen molar-refractivity contribution in [1.82, 2.24) is 20.1 Å². The number of hydrogen-bond acceptors (Lipinski definition) is 4. The van der Waals surface area contributed by atoms with Crippen LogP contribution in [-0.2, 0) is 19.6 Å². The molecule has 2 aromatic heterocycles. The van der Waals surface area contributed by atoms with Crippen molar-refractivity contribution in [2.24, 2.45) is 13.0 Å². The number of hydrogen-bond donors (Lipinski definition) is 2. The molecule has 39 heavy (non-hydrogen) atoms. The molecule has 2 fully saturated rings. The summed E-state index contributed by atoms with van der Waals surface area (Å²) >= 11 is 0. The van der Waals surface area contributed by atoms with E-state index in [-0.39, 0.29) is 29.5 Å². The lowest BCUT2D eigenvalue weighted by atomic mass is 9.75. The van der Waals surface area contributed by atoms with Gasteiger partial charge in [0.25, 0.3) is 12.3 Å². The lowest BCUT2D eigenvalue weighted by Crippen LogP contribution is -2.51. The fourth-order valence-corrected chi connectivity index (χ4v) is 5.96. The number of nitrogens with zero attached hydrogens (tertiary/aromatic N) is 3. The van der Waals surface area contributed by atoms with Gasteiger partial charge in [-0.25, -0.2) is 13.8 Å². The van der Waals surface area contributed by atoms with E-state index in [1.54, 1.807) is 24.3 Å². The van der Waals surface area contributed by atoms with Crippen LogP contribution in [0.3, 0.4) is 0 Å². The molecule has 2 aliphatic rings. The maximum Gasteiger partial charge on any atom is 0.433 e. The molecule has 0 radical (unpaired) electrons. The van der Waals surface area contributed by atoms with Crippen LogP contribution in [-0.4, -0.2) is 32.3 Å². The Morgan fingerprint density at radius 1 is 1.26 bits per heavy atom. The summed E-state index contributed by atoms with van der Waals surface area (Å²) in [4.78, 5) is 17.2. The summed E-state index contributed by atoms with van der Waals surface area (Å²) in [7, 11) is 1.51. The minimum atomic E-state index is -4.61. The van der Waals surface area contributed by atoms with E-state index < -0.39 is 35.4 Å². The molecule has 1 amide bonds. The summed E-state index contributed by atoms with van der Waals surface area (Å²) in [6, 6.07) is 7.40. The summed E-state index contributed by atoms with van der Waals surface area (Å²) in [5, 5.41) is 10.9. The van der Waals surface area contributed by atoms with Gasteiger partial charge in [0.2, 0.25) is 0 Å². The molecule has 2 N–H and O–H groups in total. The molecule has 2 aliphatic carbocycles. The maximum absolute atomic E-state index is 13.7. The molecule has 0 spiro atoms. The van der Waals surface area contributed by atoms with Gasteiger partial charge in [-0.15, -0.1) is 6.58 Å². The van der Waals surface area contributed by atoms with Gasteiger partial charge in [0.1, 0.15) is 11.4 Å². The fourth-order valence-electron chi connectivity index (χ4n) is 5.96. The highest BCUT2D eigenvalue weighted by atomic mass is 19.4. The number of carbonyl (C=O) groups excluding carboxylic acids is 1. The van der Waals surface area contributed by atoms with Crippen LogP contribution in [0.15, 0.2) is 43.0 Å². The molecule has 1 aromatic carbocycles. The van der Waals surface area contributed by atoms with Crippen molar-refractivity contribution in [3.05, 3.63) is 65.6 Å². The van der Waals surface area contributed by atoms with Crippen LogP contribution < -0.4 is 10.6 Å². The van der Waals surface area contributed by atoms with Crippen molar-refractivity contribution >= 4 is 22.5 Å². The van der Waals surface area contributed by atoms with Crippen LogP contribution in [0.2, 0.25) is 0 Å². The Morgan fingerprint density at radius 2 is 2.00 bits per heavy atom. The van der Waals surface area contributed by atoms with Gasteiger partial charge >= 0.3 is 6.18 Å². The van der Waals surface area contributed by atoms with Crippen LogP contribution >= 0.6 is 0 Å². The third kappa shape index (κ3) is 5.35. The monoisotopic (exact) mass is 547 g/mol. The van der Waals surface area contributed by atoms with Crippen molar-refractivity contribution < 1.29 is 26.7 Å².